The van der Waals surface area contributed by atoms with E-state index in [1.54, 1.807) is 6.92 Å². The van der Waals surface area contributed by atoms with Crippen LogP contribution in [-0.2, 0) is 19.6 Å². The zero-order valence-corrected chi connectivity index (χ0v) is 19.3. The summed E-state index contributed by atoms with van der Waals surface area (Å²) in [6.45, 7) is 4.37. The third-order valence-corrected chi connectivity index (χ3v) is 8.80. The number of hydrogen-bond donors (Lipinski definition) is 2. The minimum absolute atomic E-state index is 0.0402. The molecule has 2 fully saturated rings. The van der Waals surface area contributed by atoms with Gasteiger partial charge in [0.1, 0.15) is 11.9 Å². The van der Waals surface area contributed by atoms with Crippen molar-refractivity contribution in [3.8, 4) is 5.75 Å². The molecule has 10 nitrogen and oxygen atoms in total. The van der Waals surface area contributed by atoms with Crippen molar-refractivity contribution in [3.05, 3.63) is 29.8 Å². The summed E-state index contributed by atoms with van der Waals surface area (Å²) in [5.74, 6) is -0.238. The van der Waals surface area contributed by atoms with Gasteiger partial charge in [0.15, 0.2) is 4.75 Å². The van der Waals surface area contributed by atoms with Crippen LogP contribution in [0, 0.1) is 6.92 Å². The summed E-state index contributed by atoms with van der Waals surface area (Å²) >= 11 is 0. The van der Waals surface area contributed by atoms with E-state index in [-0.39, 0.29) is 51.7 Å². The number of amides is 2. The Bertz CT molecular complexity index is 904. The zero-order chi connectivity index (χ0) is 23.4. The summed E-state index contributed by atoms with van der Waals surface area (Å²) < 4.78 is 37.5. The number of ether oxygens (including phenoxy) is 2. The Kier molecular flexibility index (Phi) is 7.63. The summed E-state index contributed by atoms with van der Waals surface area (Å²) in [5.41, 5.74) is 2.66. The van der Waals surface area contributed by atoms with E-state index in [4.69, 9.17) is 9.47 Å². The van der Waals surface area contributed by atoms with Crippen LogP contribution in [0.3, 0.4) is 0 Å². The maximum atomic E-state index is 13.5. The molecule has 0 radical (unpaired) electrons. The Morgan fingerprint density at radius 2 is 1.72 bits per heavy atom. The van der Waals surface area contributed by atoms with Crippen LogP contribution in [0.5, 0.6) is 5.75 Å². The molecule has 11 heteroatoms. The van der Waals surface area contributed by atoms with Crippen molar-refractivity contribution in [2.75, 3.05) is 32.8 Å². The first kappa shape index (κ1) is 24.3. The SMILES string of the molecule is CCOC(=O)N1CCC(C(=O)NO)(S(=O)(=O)N2CCC(Oc3ccc(C)cc3)CC2)CC1. The van der Waals surface area contributed by atoms with Crippen LogP contribution >= 0.6 is 0 Å². The number of carbonyl (C=O) groups excluding carboxylic acids is 2. The van der Waals surface area contributed by atoms with Gasteiger partial charge in [-0.15, -0.1) is 0 Å². The smallest absolute Gasteiger partial charge is 0.409 e. The van der Waals surface area contributed by atoms with Gasteiger partial charge in [-0.3, -0.25) is 10.0 Å². The highest BCUT2D eigenvalue weighted by Gasteiger charge is 2.55. The third-order valence-electron chi connectivity index (χ3n) is 6.17. The summed E-state index contributed by atoms with van der Waals surface area (Å²) in [5, 5.41) is 9.29. The van der Waals surface area contributed by atoms with E-state index >= 15 is 0 Å². The molecule has 2 heterocycles. The Morgan fingerprint density at radius 3 is 2.25 bits per heavy atom. The molecular formula is C21H31N3O7S. The number of nitrogens with one attached hydrogen (secondary N) is 1. The average molecular weight is 470 g/mol. The molecule has 3 rings (SSSR count). The maximum absolute atomic E-state index is 13.5. The summed E-state index contributed by atoms with van der Waals surface area (Å²) in [7, 11) is -4.09. The Morgan fingerprint density at radius 1 is 1.12 bits per heavy atom. The van der Waals surface area contributed by atoms with Crippen LogP contribution < -0.4 is 10.2 Å². The van der Waals surface area contributed by atoms with E-state index in [0.29, 0.717) is 12.8 Å². The fourth-order valence-corrected chi connectivity index (χ4v) is 6.38. The lowest BCUT2D eigenvalue weighted by molar-refractivity contribution is -0.133. The number of carbonyl (C=O) groups is 2. The number of aryl methyl sites for hydroxylation is 1. The lowest BCUT2D eigenvalue weighted by atomic mass is 9.95. The lowest BCUT2D eigenvalue weighted by Crippen LogP contribution is -2.62. The van der Waals surface area contributed by atoms with Gasteiger partial charge in [-0.2, -0.15) is 0 Å². The van der Waals surface area contributed by atoms with Crippen molar-refractivity contribution in [3.63, 3.8) is 0 Å². The molecule has 0 aliphatic carbocycles. The van der Waals surface area contributed by atoms with Crippen molar-refractivity contribution in [1.29, 1.82) is 0 Å². The molecule has 2 saturated heterocycles. The molecule has 0 saturated carbocycles. The van der Waals surface area contributed by atoms with Crippen molar-refractivity contribution >= 4 is 22.0 Å². The second kappa shape index (κ2) is 10.1. The summed E-state index contributed by atoms with van der Waals surface area (Å²) in [4.78, 5) is 26.0. The second-order valence-corrected chi connectivity index (χ2v) is 10.4. The molecule has 0 aromatic heterocycles. The average Bonchev–Trinajstić information content (AvgIpc) is 2.80. The van der Waals surface area contributed by atoms with Gasteiger partial charge in [-0.1, -0.05) is 17.7 Å². The van der Waals surface area contributed by atoms with E-state index in [2.05, 4.69) is 0 Å². The first-order chi connectivity index (χ1) is 15.2. The number of rotatable bonds is 6. The Balaban J connectivity index is 1.68. The lowest BCUT2D eigenvalue weighted by Gasteiger charge is -2.42. The molecule has 0 atom stereocenters. The highest BCUT2D eigenvalue weighted by Crippen LogP contribution is 2.35. The van der Waals surface area contributed by atoms with Gasteiger partial charge in [0, 0.05) is 26.2 Å². The standard InChI is InChI=1S/C21H31N3O7S/c1-3-30-20(26)23-14-10-21(11-15-23,19(25)22-27)32(28,29)24-12-8-18(9-13-24)31-17-6-4-16(2)5-7-17/h4-7,18,27H,3,8-15H2,1-2H3,(H,22,25). The van der Waals surface area contributed by atoms with Crippen LogP contribution in [0.15, 0.2) is 24.3 Å². The van der Waals surface area contributed by atoms with Gasteiger partial charge in [0.2, 0.25) is 10.0 Å². The van der Waals surface area contributed by atoms with Gasteiger partial charge >= 0.3 is 6.09 Å². The van der Waals surface area contributed by atoms with Crippen LogP contribution in [0.4, 0.5) is 4.79 Å². The first-order valence-corrected chi connectivity index (χ1v) is 12.3. The monoisotopic (exact) mass is 469 g/mol. The molecular weight excluding hydrogens is 438 g/mol. The maximum Gasteiger partial charge on any atom is 0.409 e. The van der Waals surface area contributed by atoms with E-state index in [1.807, 2.05) is 31.2 Å². The fraction of sp³-hybridized carbons (Fsp3) is 0.619. The number of likely N-dealkylation sites (tertiary alicyclic amines) is 1. The number of hydroxylamine groups is 1. The van der Waals surface area contributed by atoms with Crippen molar-refractivity contribution in [2.45, 2.75) is 50.4 Å². The Labute approximate surface area is 188 Å². The number of piperidine rings is 2. The molecule has 32 heavy (non-hydrogen) atoms. The van der Waals surface area contributed by atoms with Gasteiger partial charge in [0.05, 0.1) is 6.61 Å². The van der Waals surface area contributed by atoms with Crippen molar-refractivity contribution in [1.82, 2.24) is 14.7 Å². The van der Waals surface area contributed by atoms with E-state index in [9.17, 15) is 23.2 Å². The van der Waals surface area contributed by atoms with Crippen LogP contribution in [0.2, 0.25) is 0 Å². The molecule has 0 bridgehead atoms. The second-order valence-electron chi connectivity index (χ2n) is 8.16. The molecule has 2 amide bonds. The van der Waals surface area contributed by atoms with Crippen LogP contribution in [0.1, 0.15) is 38.2 Å². The minimum Gasteiger partial charge on any atom is -0.490 e. The molecule has 178 valence electrons. The van der Waals surface area contributed by atoms with E-state index in [1.165, 1.54) is 14.7 Å². The third kappa shape index (κ3) is 4.84. The fourth-order valence-electron chi connectivity index (χ4n) is 4.22. The first-order valence-electron chi connectivity index (χ1n) is 10.8. The molecule has 2 aliphatic rings. The summed E-state index contributed by atoms with van der Waals surface area (Å²) in [6, 6.07) is 7.68. The minimum atomic E-state index is -4.09. The van der Waals surface area contributed by atoms with E-state index in [0.717, 1.165) is 11.3 Å². The predicted molar refractivity (Wildman–Crippen MR) is 116 cm³/mol. The largest absolute Gasteiger partial charge is 0.490 e. The van der Waals surface area contributed by atoms with Gasteiger partial charge in [-0.05, 0) is 51.7 Å². The highest BCUT2D eigenvalue weighted by molar-refractivity contribution is 7.91. The highest BCUT2D eigenvalue weighted by atomic mass is 32.2. The molecule has 1 aromatic carbocycles. The van der Waals surface area contributed by atoms with Crippen LogP contribution in [-0.4, -0.2) is 78.5 Å². The van der Waals surface area contributed by atoms with Gasteiger partial charge in [0.25, 0.3) is 5.91 Å². The van der Waals surface area contributed by atoms with Gasteiger partial charge in [-0.25, -0.2) is 23.0 Å². The van der Waals surface area contributed by atoms with Crippen molar-refractivity contribution < 1.29 is 32.7 Å². The number of benzene rings is 1. The van der Waals surface area contributed by atoms with Crippen molar-refractivity contribution in [2.24, 2.45) is 0 Å². The molecule has 0 spiro atoms. The molecule has 1 aromatic rings. The zero-order valence-electron chi connectivity index (χ0n) is 18.5. The molecule has 2 N–H and O–H groups in total. The number of sulfonamides is 1. The molecule has 2 aliphatic heterocycles. The Hall–Kier alpha value is -2.37. The quantitative estimate of drug-likeness (QED) is 0.479. The molecule has 0 unspecified atom stereocenters. The number of nitrogens with zero attached hydrogens (tertiary/aromatic N) is 2. The summed E-state index contributed by atoms with van der Waals surface area (Å²) in [6.07, 6.45) is 0.0488. The van der Waals surface area contributed by atoms with Crippen LogP contribution in [0.25, 0.3) is 0 Å². The number of hydrogen-bond acceptors (Lipinski definition) is 7. The normalized spacial score (nSPS) is 19.9. The topological polar surface area (TPSA) is 125 Å². The predicted octanol–water partition coefficient (Wildman–Crippen LogP) is 1.66. The van der Waals surface area contributed by atoms with E-state index < -0.39 is 26.8 Å². The van der Waals surface area contributed by atoms with Gasteiger partial charge < -0.3 is 14.4 Å².